The maximum Gasteiger partial charge on any atom is 0.149 e. The van der Waals surface area contributed by atoms with E-state index in [0.29, 0.717) is 21.6 Å². The van der Waals surface area contributed by atoms with Crippen LogP contribution in [0.3, 0.4) is 0 Å². The van der Waals surface area contributed by atoms with E-state index in [1.54, 1.807) is 23.9 Å². The molecular formula is C18H20Cl2OS. The van der Waals surface area contributed by atoms with E-state index in [0.717, 1.165) is 41.9 Å². The van der Waals surface area contributed by atoms with E-state index < -0.39 is 0 Å². The van der Waals surface area contributed by atoms with Crippen molar-refractivity contribution in [2.24, 2.45) is 23.2 Å². The lowest BCUT2D eigenvalue weighted by Crippen LogP contribution is -2.50. The van der Waals surface area contributed by atoms with Gasteiger partial charge in [-0.2, -0.15) is 0 Å². The molecule has 0 unspecified atom stereocenters. The molecule has 4 heteroatoms. The first-order chi connectivity index (χ1) is 10.5. The summed E-state index contributed by atoms with van der Waals surface area (Å²) < 4.78 is 0. The molecule has 0 spiro atoms. The van der Waals surface area contributed by atoms with Crippen LogP contribution < -0.4 is 0 Å². The van der Waals surface area contributed by atoms with Gasteiger partial charge in [0.25, 0.3) is 0 Å². The Bertz CT molecular complexity index is 578. The minimum absolute atomic E-state index is 0.00714. The van der Waals surface area contributed by atoms with Gasteiger partial charge < -0.3 is 0 Å². The van der Waals surface area contributed by atoms with Crippen molar-refractivity contribution in [3.8, 4) is 0 Å². The fourth-order valence-corrected chi connectivity index (χ4v) is 6.86. The summed E-state index contributed by atoms with van der Waals surface area (Å²) in [6.45, 7) is 0. The molecule has 0 atom stereocenters. The number of carbonyl (C=O) groups is 1. The van der Waals surface area contributed by atoms with Crippen LogP contribution in [0.4, 0.5) is 0 Å². The smallest absolute Gasteiger partial charge is 0.149 e. The van der Waals surface area contributed by atoms with Gasteiger partial charge in [0.05, 0.1) is 10.8 Å². The highest BCUT2D eigenvalue weighted by Crippen LogP contribution is 2.60. The second-order valence-corrected chi connectivity index (χ2v) is 9.35. The van der Waals surface area contributed by atoms with Crippen molar-refractivity contribution in [3.63, 3.8) is 0 Å². The van der Waals surface area contributed by atoms with E-state index in [2.05, 4.69) is 0 Å². The average Bonchev–Trinajstić information content (AvgIpc) is 2.46. The van der Waals surface area contributed by atoms with Crippen LogP contribution in [0.5, 0.6) is 0 Å². The summed E-state index contributed by atoms with van der Waals surface area (Å²) in [4.78, 5) is 13.9. The Balaban J connectivity index is 1.47. The van der Waals surface area contributed by atoms with Gasteiger partial charge in [-0.3, -0.25) is 4.79 Å². The molecule has 0 radical (unpaired) electrons. The second kappa shape index (κ2) is 5.72. The molecule has 1 aromatic rings. The maximum absolute atomic E-state index is 13.0. The fraction of sp³-hybridized carbons (Fsp3) is 0.611. The third-order valence-corrected chi connectivity index (χ3v) is 7.61. The van der Waals surface area contributed by atoms with Crippen LogP contribution >= 0.6 is 35.0 Å². The maximum atomic E-state index is 13.0. The summed E-state index contributed by atoms with van der Waals surface area (Å²) in [7, 11) is 0. The molecule has 0 N–H and O–H groups in total. The molecule has 4 aliphatic rings. The summed E-state index contributed by atoms with van der Waals surface area (Å²) in [5.41, 5.74) is -0.00714. The van der Waals surface area contributed by atoms with E-state index in [9.17, 15) is 4.79 Å². The highest BCUT2D eigenvalue weighted by molar-refractivity contribution is 8.00. The topological polar surface area (TPSA) is 17.1 Å². The minimum Gasteiger partial charge on any atom is -0.298 e. The molecule has 0 saturated heterocycles. The number of halogens is 2. The van der Waals surface area contributed by atoms with Gasteiger partial charge in [0.15, 0.2) is 0 Å². The summed E-state index contributed by atoms with van der Waals surface area (Å²) in [5, 5.41) is 1.36. The lowest BCUT2D eigenvalue weighted by Gasteiger charge is -2.56. The Labute approximate surface area is 146 Å². The zero-order chi connectivity index (χ0) is 15.3. The monoisotopic (exact) mass is 354 g/mol. The number of ketones is 1. The van der Waals surface area contributed by atoms with Crippen LogP contribution in [0.2, 0.25) is 10.0 Å². The highest BCUT2D eigenvalue weighted by atomic mass is 35.5. The fourth-order valence-electron chi connectivity index (χ4n) is 5.34. The molecular weight excluding hydrogens is 335 g/mol. The molecule has 4 saturated carbocycles. The van der Waals surface area contributed by atoms with Crippen LogP contribution in [0.15, 0.2) is 23.1 Å². The van der Waals surface area contributed by atoms with Crippen LogP contribution in [0, 0.1) is 23.2 Å². The quantitative estimate of drug-likeness (QED) is 0.628. The number of hydrogen-bond acceptors (Lipinski definition) is 2. The zero-order valence-electron chi connectivity index (χ0n) is 12.5. The first-order valence-electron chi connectivity index (χ1n) is 8.15. The Morgan fingerprint density at radius 3 is 2.27 bits per heavy atom. The van der Waals surface area contributed by atoms with Crippen molar-refractivity contribution >= 4 is 40.7 Å². The van der Waals surface area contributed by atoms with Gasteiger partial charge in [0.1, 0.15) is 5.78 Å². The molecule has 4 bridgehead atoms. The molecule has 1 nitrogen and oxygen atoms in total. The molecule has 0 heterocycles. The van der Waals surface area contributed by atoms with Crippen LogP contribution in [0.25, 0.3) is 0 Å². The van der Waals surface area contributed by atoms with E-state index in [1.807, 2.05) is 6.07 Å². The molecule has 5 rings (SSSR count). The van der Waals surface area contributed by atoms with Gasteiger partial charge in [-0.15, -0.1) is 11.8 Å². The Hall–Kier alpha value is -0.180. The summed E-state index contributed by atoms with van der Waals surface area (Å²) >= 11 is 13.8. The minimum atomic E-state index is -0.00714. The Morgan fingerprint density at radius 1 is 1.09 bits per heavy atom. The average molecular weight is 355 g/mol. The SMILES string of the molecule is O=C(CSc1cc(Cl)ccc1Cl)C12CC3CC(CC(C3)C1)C2. The second-order valence-electron chi connectivity index (χ2n) is 7.48. The number of hydrogen-bond donors (Lipinski definition) is 0. The van der Waals surface area contributed by atoms with E-state index in [1.165, 1.54) is 19.3 Å². The molecule has 0 aliphatic heterocycles. The molecule has 0 aromatic heterocycles. The van der Waals surface area contributed by atoms with Gasteiger partial charge in [0.2, 0.25) is 0 Å². The van der Waals surface area contributed by atoms with Crippen molar-refractivity contribution in [2.45, 2.75) is 43.4 Å². The van der Waals surface area contributed by atoms with Crippen molar-refractivity contribution in [3.05, 3.63) is 28.2 Å². The van der Waals surface area contributed by atoms with Crippen LogP contribution in [-0.4, -0.2) is 11.5 Å². The lowest BCUT2D eigenvalue weighted by molar-refractivity contribution is -0.141. The Morgan fingerprint density at radius 2 is 1.68 bits per heavy atom. The first-order valence-corrected chi connectivity index (χ1v) is 9.89. The van der Waals surface area contributed by atoms with E-state index in [-0.39, 0.29) is 5.41 Å². The molecule has 4 fully saturated rings. The number of rotatable bonds is 4. The van der Waals surface area contributed by atoms with Gasteiger partial charge in [-0.05, 0) is 74.5 Å². The normalized spacial score (nSPS) is 35.8. The van der Waals surface area contributed by atoms with Gasteiger partial charge in [-0.25, -0.2) is 0 Å². The zero-order valence-corrected chi connectivity index (χ0v) is 14.8. The number of carbonyl (C=O) groups excluding carboxylic acids is 1. The first kappa shape index (κ1) is 15.4. The summed E-state index contributed by atoms with van der Waals surface area (Å²) in [6, 6.07) is 5.46. The Kier molecular flexibility index (Phi) is 3.99. The van der Waals surface area contributed by atoms with Crippen molar-refractivity contribution in [2.75, 3.05) is 5.75 Å². The summed E-state index contributed by atoms with van der Waals surface area (Å²) in [6.07, 6.45) is 7.55. The van der Waals surface area contributed by atoms with Gasteiger partial charge in [-0.1, -0.05) is 23.2 Å². The molecule has 0 amide bonds. The number of benzene rings is 1. The molecule has 22 heavy (non-hydrogen) atoms. The van der Waals surface area contributed by atoms with Crippen molar-refractivity contribution in [1.82, 2.24) is 0 Å². The number of thioether (sulfide) groups is 1. The molecule has 1 aromatic carbocycles. The molecule has 4 aliphatic carbocycles. The molecule has 118 valence electrons. The van der Waals surface area contributed by atoms with Crippen LogP contribution in [0.1, 0.15) is 38.5 Å². The largest absolute Gasteiger partial charge is 0.298 e. The summed E-state index contributed by atoms with van der Waals surface area (Å²) in [5.74, 6) is 3.43. The lowest BCUT2D eigenvalue weighted by atomic mass is 9.48. The van der Waals surface area contributed by atoms with Gasteiger partial charge in [0, 0.05) is 15.3 Å². The van der Waals surface area contributed by atoms with Crippen molar-refractivity contribution in [1.29, 1.82) is 0 Å². The highest BCUT2D eigenvalue weighted by Gasteiger charge is 2.53. The predicted molar refractivity (Wildman–Crippen MR) is 92.8 cm³/mol. The van der Waals surface area contributed by atoms with E-state index in [4.69, 9.17) is 23.2 Å². The van der Waals surface area contributed by atoms with Gasteiger partial charge >= 0.3 is 0 Å². The standard InChI is InChI=1S/C18H20Cl2OS/c19-14-1-2-15(20)16(6-14)22-10-17(21)18-7-11-3-12(8-18)5-13(4-11)9-18/h1-2,6,11-13H,3-5,7-10H2. The number of Topliss-reactive ketones (excluding diaryl/α,β-unsaturated/α-hetero) is 1. The van der Waals surface area contributed by atoms with E-state index >= 15 is 0 Å². The third-order valence-electron chi connectivity index (χ3n) is 5.88. The van der Waals surface area contributed by atoms with Crippen LogP contribution in [-0.2, 0) is 4.79 Å². The predicted octanol–water partition coefficient (Wildman–Crippen LogP) is 5.87. The van der Waals surface area contributed by atoms with Crippen molar-refractivity contribution < 1.29 is 4.79 Å². The third kappa shape index (κ3) is 2.72.